The first-order valence-electron chi connectivity index (χ1n) is 11.5. The minimum absolute atomic E-state index is 0. The number of aromatic nitrogens is 6. The zero-order valence-electron chi connectivity index (χ0n) is 20.6. The number of anilines is 1. The van der Waals surface area contributed by atoms with Gasteiger partial charge < -0.3 is 15.3 Å². The number of phenolic OH excluding ortho intramolecular Hbond substituents is 1. The zero-order chi connectivity index (χ0) is 24.1. The lowest BCUT2D eigenvalue weighted by molar-refractivity contribution is 0.160. The molecule has 1 aliphatic rings. The Labute approximate surface area is 211 Å². The van der Waals surface area contributed by atoms with E-state index in [1.165, 1.54) is 0 Å². The Hall–Kier alpha value is -3.30. The third-order valence-corrected chi connectivity index (χ3v) is 6.41. The number of nitrogens with one attached hydrogen (secondary N) is 1. The molecule has 35 heavy (non-hydrogen) atoms. The van der Waals surface area contributed by atoms with Crippen molar-refractivity contribution in [1.82, 2.24) is 35.1 Å². The highest BCUT2D eigenvalue weighted by molar-refractivity contribution is 5.85. The van der Waals surface area contributed by atoms with Crippen molar-refractivity contribution in [3.63, 3.8) is 0 Å². The minimum atomic E-state index is 0. The van der Waals surface area contributed by atoms with E-state index in [1.54, 1.807) is 29.2 Å². The van der Waals surface area contributed by atoms with E-state index in [9.17, 15) is 5.11 Å². The van der Waals surface area contributed by atoms with Gasteiger partial charge in [-0.3, -0.25) is 0 Å². The SMILES string of the molecule is CN(c1ncc(-c2ccc(-c3ccc4nccn4n3)cc2O)nn1)C1CC(C)(C)NC(C)(C)C1.Cl. The smallest absolute Gasteiger partial charge is 0.245 e. The number of fused-ring (bicyclic) bond motifs is 1. The maximum atomic E-state index is 10.7. The molecule has 0 unspecified atom stereocenters. The van der Waals surface area contributed by atoms with Crippen LogP contribution in [0.2, 0.25) is 0 Å². The first kappa shape index (κ1) is 24.8. The number of halogens is 1. The summed E-state index contributed by atoms with van der Waals surface area (Å²) in [6.07, 6.45) is 7.13. The molecule has 2 N–H and O–H groups in total. The lowest BCUT2D eigenvalue weighted by atomic mass is 9.79. The summed E-state index contributed by atoms with van der Waals surface area (Å²) in [4.78, 5) is 10.9. The summed E-state index contributed by atoms with van der Waals surface area (Å²) >= 11 is 0. The molecule has 4 heterocycles. The van der Waals surface area contributed by atoms with Crippen LogP contribution in [-0.4, -0.2) is 59.1 Å². The summed E-state index contributed by atoms with van der Waals surface area (Å²) in [5, 5.41) is 27.7. The average molecular weight is 495 g/mol. The highest BCUT2D eigenvalue weighted by atomic mass is 35.5. The fourth-order valence-electron chi connectivity index (χ4n) is 5.14. The van der Waals surface area contributed by atoms with Crippen molar-refractivity contribution >= 4 is 24.0 Å². The quantitative estimate of drug-likeness (QED) is 0.436. The van der Waals surface area contributed by atoms with Crippen LogP contribution in [-0.2, 0) is 0 Å². The zero-order valence-corrected chi connectivity index (χ0v) is 21.4. The second kappa shape index (κ2) is 9.05. The molecule has 0 spiro atoms. The van der Waals surface area contributed by atoms with Gasteiger partial charge in [-0.25, -0.2) is 14.5 Å². The van der Waals surface area contributed by atoms with E-state index in [0.29, 0.717) is 23.2 Å². The normalized spacial score (nSPS) is 17.2. The molecule has 0 radical (unpaired) electrons. The Morgan fingerprint density at radius 3 is 2.40 bits per heavy atom. The summed E-state index contributed by atoms with van der Waals surface area (Å²) in [6.45, 7) is 8.91. The molecule has 1 aromatic carbocycles. The number of aromatic hydroxyl groups is 1. The third kappa shape index (κ3) is 5.06. The lowest BCUT2D eigenvalue weighted by Crippen LogP contribution is -2.62. The molecule has 0 aliphatic carbocycles. The van der Waals surface area contributed by atoms with E-state index >= 15 is 0 Å². The largest absolute Gasteiger partial charge is 0.507 e. The highest BCUT2D eigenvalue weighted by Crippen LogP contribution is 2.34. The van der Waals surface area contributed by atoms with Gasteiger partial charge in [0.15, 0.2) is 5.65 Å². The number of hydrogen-bond acceptors (Lipinski definition) is 8. The minimum Gasteiger partial charge on any atom is -0.507 e. The molecule has 1 saturated heterocycles. The van der Waals surface area contributed by atoms with Gasteiger partial charge in [-0.1, -0.05) is 6.07 Å². The number of hydrogen-bond donors (Lipinski definition) is 2. The Kier molecular flexibility index (Phi) is 6.42. The number of nitrogens with zero attached hydrogens (tertiary/aromatic N) is 7. The van der Waals surface area contributed by atoms with Crippen molar-refractivity contribution in [2.24, 2.45) is 0 Å². The second-order valence-corrected chi connectivity index (χ2v) is 10.4. The fourth-order valence-corrected chi connectivity index (χ4v) is 5.14. The third-order valence-electron chi connectivity index (χ3n) is 6.41. The first-order chi connectivity index (χ1) is 16.1. The Morgan fingerprint density at radius 2 is 1.74 bits per heavy atom. The van der Waals surface area contributed by atoms with Crippen LogP contribution in [0.5, 0.6) is 5.75 Å². The molecule has 0 atom stereocenters. The van der Waals surface area contributed by atoms with Gasteiger partial charge in [0.05, 0.1) is 11.9 Å². The van der Waals surface area contributed by atoms with Crippen molar-refractivity contribution in [3.8, 4) is 28.3 Å². The molecular weight excluding hydrogens is 464 g/mol. The van der Waals surface area contributed by atoms with Crippen LogP contribution < -0.4 is 10.2 Å². The average Bonchev–Trinajstić information content (AvgIpc) is 3.24. The van der Waals surface area contributed by atoms with Gasteiger partial charge in [0.25, 0.3) is 0 Å². The Bertz CT molecular complexity index is 1320. The van der Waals surface area contributed by atoms with Crippen LogP contribution in [0.15, 0.2) is 48.9 Å². The predicted octanol–water partition coefficient (Wildman–Crippen LogP) is 4.12. The van der Waals surface area contributed by atoms with E-state index < -0.39 is 0 Å². The summed E-state index contributed by atoms with van der Waals surface area (Å²) in [6, 6.07) is 9.47. The summed E-state index contributed by atoms with van der Waals surface area (Å²) in [5.74, 6) is 0.681. The molecule has 0 amide bonds. The van der Waals surface area contributed by atoms with Crippen LogP contribution in [0.3, 0.4) is 0 Å². The Balaban J connectivity index is 0.00000289. The standard InChI is InChI=1S/C25H30N8O.ClH/c1-24(2)13-17(14-25(3,4)31-24)32(5)23-27-15-20(28-29-23)18-7-6-16(12-21(18)34)19-8-9-22-26-10-11-33(22)30-19;/h6-12,15,17,31,34H,13-14H2,1-5H3;1H. The van der Waals surface area contributed by atoms with Crippen molar-refractivity contribution < 1.29 is 5.11 Å². The number of phenols is 1. The molecule has 1 aliphatic heterocycles. The van der Waals surface area contributed by atoms with E-state index in [1.807, 2.05) is 31.3 Å². The van der Waals surface area contributed by atoms with Gasteiger partial charge >= 0.3 is 0 Å². The molecule has 0 saturated carbocycles. The van der Waals surface area contributed by atoms with Gasteiger partial charge in [-0.15, -0.1) is 22.6 Å². The fraction of sp³-hybridized carbons (Fsp3) is 0.400. The van der Waals surface area contributed by atoms with Crippen LogP contribution in [0, 0.1) is 0 Å². The predicted molar refractivity (Wildman–Crippen MR) is 139 cm³/mol. The number of piperidine rings is 1. The van der Waals surface area contributed by atoms with Crippen molar-refractivity contribution in [3.05, 3.63) is 48.9 Å². The van der Waals surface area contributed by atoms with E-state index in [0.717, 1.165) is 29.7 Å². The molecule has 3 aromatic heterocycles. The summed E-state index contributed by atoms with van der Waals surface area (Å²) in [5.41, 5.74) is 3.45. The Morgan fingerprint density at radius 1 is 1.00 bits per heavy atom. The van der Waals surface area contributed by atoms with Gasteiger partial charge in [0, 0.05) is 47.7 Å². The topological polar surface area (TPSA) is 104 Å². The van der Waals surface area contributed by atoms with E-state index in [4.69, 9.17) is 0 Å². The number of rotatable bonds is 4. The van der Waals surface area contributed by atoms with Gasteiger partial charge in [0.1, 0.15) is 11.4 Å². The molecule has 10 heteroatoms. The van der Waals surface area contributed by atoms with Crippen molar-refractivity contribution in [2.75, 3.05) is 11.9 Å². The molecule has 9 nitrogen and oxygen atoms in total. The summed E-state index contributed by atoms with van der Waals surface area (Å²) < 4.78 is 1.70. The van der Waals surface area contributed by atoms with Crippen LogP contribution in [0.1, 0.15) is 40.5 Å². The first-order valence-corrected chi connectivity index (χ1v) is 11.5. The molecule has 4 aromatic rings. The maximum Gasteiger partial charge on any atom is 0.245 e. The monoisotopic (exact) mass is 494 g/mol. The van der Waals surface area contributed by atoms with Gasteiger partial charge in [0.2, 0.25) is 5.95 Å². The lowest BCUT2D eigenvalue weighted by Gasteiger charge is -2.48. The highest BCUT2D eigenvalue weighted by Gasteiger charge is 2.39. The van der Waals surface area contributed by atoms with E-state index in [-0.39, 0.29) is 29.2 Å². The second-order valence-electron chi connectivity index (χ2n) is 10.4. The number of imidazole rings is 1. The van der Waals surface area contributed by atoms with E-state index in [2.05, 4.69) is 63.2 Å². The van der Waals surface area contributed by atoms with Crippen LogP contribution >= 0.6 is 12.4 Å². The number of benzene rings is 1. The van der Waals surface area contributed by atoms with Crippen LogP contribution in [0.4, 0.5) is 5.95 Å². The van der Waals surface area contributed by atoms with Crippen molar-refractivity contribution in [1.29, 1.82) is 0 Å². The van der Waals surface area contributed by atoms with Gasteiger partial charge in [-0.2, -0.15) is 5.10 Å². The molecule has 5 rings (SSSR count). The molecule has 0 bridgehead atoms. The van der Waals surface area contributed by atoms with Crippen LogP contribution in [0.25, 0.3) is 28.2 Å². The van der Waals surface area contributed by atoms with Crippen molar-refractivity contribution in [2.45, 2.75) is 57.7 Å². The molecule has 184 valence electrons. The summed E-state index contributed by atoms with van der Waals surface area (Å²) in [7, 11) is 2.02. The maximum absolute atomic E-state index is 10.7. The molecule has 1 fully saturated rings. The molecular formula is C25H31ClN8O. The van der Waals surface area contributed by atoms with Gasteiger partial charge in [-0.05, 0) is 64.8 Å².